The summed E-state index contributed by atoms with van der Waals surface area (Å²) in [4.78, 5) is 61.5. The van der Waals surface area contributed by atoms with Gasteiger partial charge < -0.3 is 25.4 Å². The highest BCUT2D eigenvalue weighted by Crippen LogP contribution is 2.37. The maximum Gasteiger partial charge on any atom is 0.262 e. The molecular formula is C46H53N7O6S. The van der Waals surface area contributed by atoms with Gasteiger partial charge in [0.25, 0.3) is 11.8 Å². The third kappa shape index (κ3) is 9.61. The van der Waals surface area contributed by atoms with E-state index in [-0.39, 0.29) is 35.9 Å². The number of hydrogen-bond donors (Lipinski definition) is 4. The summed E-state index contributed by atoms with van der Waals surface area (Å²) in [6, 6.07) is 18.9. The molecule has 5 aromatic rings. The molecule has 2 aromatic heterocycles. The van der Waals surface area contributed by atoms with Crippen molar-refractivity contribution in [3.05, 3.63) is 93.4 Å². The van der Waals surface area contributed by atoms with Crippen LogP contribution >= 0.6 is 11.3 Å². The van der Waals surface area contributed by atoms with E-state index < -0.39 is 23.8 Å². The highest BCUT2D eigenvalue weighted by atomic mass is 32.1. The summed E-state index contributed by atoms with van der Waals surface area (Å²) in [7, 11) is 3.25. The van der Waals surface area contributed by atoms with Crippen molar-refractivity contribution >= 4 is 57.4 Å². The predicted molar refractivity (Wildman–Crippen MR) is 235 cm³/mol. The highest BCUT2D eigenvalue weighted by molar-refractivity contribution is 7.10. The quantitative estimate of drug-likeness (QED) is 0.0442. The fourth-order valence-corrected chi connectivity index (χ4v) is 8.85. The number of piperidine rings is 1. The van der Waals surface area contributed by atoms with Crippen LogP contribution < -0.4 is 30.7 Å². The van der Waals surface area contributed by atoms with Crippen LogP contribution in [0.2, 0.25) is 0 Å². The lowest BCUT2D eigenvalue weighted by atomic mass is 10.0. The SMILES string of the molecule is COc1cc2nc(C)nc(N[C@H](C)c3cc(-c4ccccc4CNCCCCCCCCCNc4ccc5c(c4)C(=O)N(C4CCC(=O)NC4=O)C5=O)cs3)c2cc1OC. The molecule has 0 radical (unpaired) electrons. The van der Waals surface area contributed by atoms with Gasteiger partial charge >= 0.3 is 0 Å². The van der Waals surface area contributed by atoms with Crippen LogP contribution in [-0.4, -0.2) is 71.8 Å². The van der Waals surface area contributed by atoms with Crippen LogP contribution in [0.25, 0.3) is 22.0 Å². The molecule has 13 nitrogen and oxygen atoms in total. The average molecular weight is 832 g/mol. The summed E-state index contributed by atoms with van der Waals surface area (Å²) < 4.78 is 11.1. The van der Waals surface area contributed by atoms with Crippen molar-refractivity contribution in [3.63, 3.8) is 0 Å². The summed E-state index contributed by atoms with van der Waals surface area (Å²) in [5, 5.41) is 16.0. The van der Waals surface area contributed by atoms with E-state index in [9.17, 15) is 19.2 Å². The Bertz CT molecular complexity index is 2380. The maximum atomic E-state index is 13.1. The molecule has 0 aliphatic carbocycles. The van der Waals surface area contributed by atoms with Gasteiger partial charge in [-0.25, -0.2) is 9.97 Å². The second-order valence-corrected chi connectivity index (χ2v) is 16.3. The second kappa shape index (κ2) is 19.5. The molecule has 0 spiro atoms. The smallest absolute Gasteiger partial charge is 0.262 e. The first-order valence-electron chi connectivity index (χ1n) is 20.8. The van der Waals surface area contributed by atoms with Gasteiger partial charge in [-0.15, -0.1) is 11.3 Å². The Labute approximate surface area is 354 Å². The minimum atomic E-state index is -0.960. The van der Waals surface area contributed by atoms with Crippen LogP contribution in [0.3, 0.4) is 0 Å². The molecule has 4 heterocycles. The lowest BCUT2D eigenvalue weighted by Gasteiger charge is -2.27. The molecule has 3 aromatic carbocycles. The molecule has 4 N–H and O–H groups in total. The number of nitrogens with zero attached hydrogens (tertiary/aromatic N) is 3. The summed E-state index contributed by atoms with van der Waals surface area (Å²) >= 11 is 1.74. The van der Waals surface area contributed by atoms with Crippen LogP contribution in [0.15, 0.2) is 66.0 Å². The van der Waals surface area contributed by atoms with Crippen molar-refractivity contribution in [2.45, 2.75) is 90.3 Å². The predicted octanol–water partition coefficient (Wildman–Crippen LogP) is 8.19. The molecule has 4 amide bonds. The molecule has 14 heteroatoms. The largest absolute Gasteiger partial charge is 0.493 e. The van der Waals surface area contributed by atoms with Crippen LogP contribution in [-0.2, 0) is 16.1 Å². The standard InChI is InChI=1S/C46H53N7O6S/c1-28(49-43-36-24-39(58-3)40(59-4)25-37(36)50-29(2)51-43)41-22-31(27-60-41)33-15-11-10-14-30(33)26-47-20-12-8-6-5-7-9-13-21-48-32-16-17-34-35(23-32)46(57)53(45(34)56)38-18-19-42(54)52-44(38)55/h10-11,14-17,22-25,27-28,38,47-48H,5-9,12-13,18-21,26H2,1-4H3,(H,49,50,51)(H,52,54,55)/t28-,38?/m1/s1. The van der Waals surface area contributed by atoms with Crippen molar-refractivity contribution in [2.24, 2.45) is 0 Å². The fraction of sp³-hybridized carbons (Fsp3) is 0.391. The molecule has 2 aliphatic rings. The lowest BCUT2D eigenvalue weighted by molar-refractivity contribution is -0.136. The number of carbonyl (C=O) groups is 4. The Kier molecular flexibility index (Phi) is 13.7. The summed E-state index contributed by atoms with van der Waals surface area (Å²) in [6.07, 6.45) is 8.22. The molecule has 2 aliphatic heterocycles. The van der Waals surface area contributed by atoms with Crippen molar-refractivity contribution in [1.82, 2.24) is 25.5 Å². The van der Waals surface area contributed by atoms with Crippen LogP contribution in [0, 0.1) is 6.92 Å². The van der Waals surface area contributed by atoms with E-state index in [1.807, 2.05) is 19.1 Å². The van der Waals surface area contributed by atoms with Gasteiger partial charge in [-0.2, -0.15) is 0 Å². The zero-order valence-electron chi connectivity index (χ0n) is 34.7. The van der Waals surface area contributed by atoms with Gasteiger partial charge in [0.15, 0.2) is 11.5 Å². The molecule has 314 valence electrons. The van der Waals surface area contributed by atoms with Crippen molar-refractivity contribution in [2.75, 3.05) is 37.9 Å². The Morgan fingerprint density at radius 2 is 1.55 bits per heavy atom. The molecule has 2 atom stereocenters. The van der Waals surface area contributed by atoms with Crippen molar-refractivity contribution in [1.29, 1.82) is 0 Å². The van der Waals surface area contributed by atoms with Crippen LogP contribution in [0.4, 0.5) is 11.5 Å². The lowest BCUT2D eigenvalue weighted by Crippen LogP contribution is -2.54. The number of thiophene rings is 1. The molecule has 60 heavy (non-hydrogen) atoms. The summed E-state index contributed by atoms with van der Waals surface area (Å²) in [5.41, 5.74) is 5.88. The first-order chi connectivity index (χ1) is 29.1. The number of carbonyl (C=O) groups excluding carboxylic acids is 4. The number of ether oxygens (including phenoxy) is 2. The number of methoxy groups -OCH3 is 2. The number of amides is 4. The summed E-state index contributed by atoms with van der Waals surface area (Å²) in [6.45, 7) is 6.59. The number of benzene rings is 3. The van der Waals surface area contributed by atoms with Crippen molar-refractivity contribution < 1.29 is 28.7 Å². The zero-order valence-corrected chi connectivity index (χ0v) is 35.5. The molecule has 0 bridgehead atoms. The summed E-state index contributed by atoms with van der Waals surface area (Å²) in [5.74, 6) is 0.733. The van der Waals surface area contributed by atoms with E-state index in [2.05, 4.69) is 68.9 Å². The third-order valence-corrected chi connectivity index (χ3v) is 12.3. The number of anilines is 2. The van der Waals surface area contributed by atoms with Gasteiger partial charge in [0.1, 0.15) is 17.7 Å². The number of unbranched alkanes of at least 4 members (excludes halogenated alkanes) is 6. The van der Waals surface area contributed by atoms with Gasteiger partial charge in [0, 0.05) is 41.5 Å². The van der Waals surface area contributed by atoms with Gasteiger partial charge in [-0.05, 0) is 92.1 Å². The molecule has 7 rings (SSSR count). The van der Waals surface area contributed by atoms with E-state index in [1.54, 1.807) is 43.8 Å². The Hall–Kier alpha value is -5.86. The van der Waals surface area contributed by atoms with E-state index >= 15 is 0 Å². The molecular weight excluding hydrogens is 779 g/mol. The maximum absolute atomic E-state index is 13.1. The highest BCUT2D eigenvalue weighted by Gasteiger charge is 2.44. The van der Waals surface area contributed by atoms with E-state index in [0.717, 1.165) is 72.6 Å². The molecule has 1 fully saturated rings. The van der Waals surface area contributed by atoms with E-state index in [0.29, 0.717) is 17.3 Å². The second-order valence-electron chi connectivity index (χ2n) is 15.4. The van der Waals surface area contributed by atoms with Crippen LogP contribution in [0.5, 0.6) is 11.5 Å². The number of nitrogens with one attached hydrogen (secondary N) is 4. The first kappa shape index (κ1) is 42.3. The van der Waals surface area contributed by atoms with Crippen molar-refractivity contribution in [3.8, 4) is 22.6 Å². The van der Waals surface area contributed by atoms with Gasteiger partial charge in [0.05, 0.1) is 36.9 Å². The molecule has 1 saturated heterocycles. The average Bonchev–Trinajstić information content (AvgIpc) is 3.83. The Morgan fingerprint density at radius 3 is 2.32 bits per heavy atom. The van der Waals surface area contributed by atoms with E-state index in [1.165, 1.54) is 40.8 Å². The number of fused-ring (bicyclic) bond motifs is 2. The van der Waals surface area contributed by atoms with Gasteiger partial charge in [0.2, 0.25) is 11.8 Å². The zero-order chi connectivity index (χ0) is 42.2. The minimum absolute atomic E-state index is 0.0248. The number of aromatic nitrogens is 2. The van der Waals surface area contributed by atoms with Gasteiger partial charge in [-0.3, -0.25) is 29.4 Å². The number of aryl methyl sites for hydroxylation is 1. The molecule has 1 unspecified atom stereocenters. The minimum Gasteiger partial charge on any atom is -0.493 e. The van der Waals surface area contributed by atoms with Gasteiger partial charge in [-0.1, -0.05) is 56.4 Å². The number of imide groups is 2. The Morgan fingerprint density at radius 1 is 0.833 bits per heavy atom. The molecule has 0 saturated carbocycles. The monoisotopic (exact) mass is 831 g/mol. The number of rotatable bonds is 20. The topological polar surface area (TPSA) is 164 Å². The third-order valence-electron chi connectivity index (χ3n) is 11.2. The first-order valence-corrected chi connectivity index (χ1v) is 21.7. The Balaban J connectivity index is 0.796. The number of hydrogen-bond acceptors (Lipinski definition) is 12. The van der Waals surface area contributed by atoms with E-state index in [4.69, 9.17) is 14.5 Å². The fourth-order valence-electron chi connectivity index (χ4n) is 7.93. The van der Waals surface area contributed by atoms with Crippen LogP contribution in [0.1, 0.15) is 108 Å². The normalized spacial score (nSPS) is 15.6.